The quantitative estimate of drug-likeness (QED) is 0.735. The molecular weight excluding hydrogens is 174 g/mol. The van der Waals surface area contributed by atoms with Crippen LogP contribution in [0.3, 0.4) is 0 Å². The molecule has 1 rings (SSSR count). The predicted molar refractivity (Wildman–Crippen MR) is 46.9 cm³/mol. The summed E-state index contributed by atoms with van der Waals surface area (Å²) in [5.41, 5.74) is 0.988. The van der Waals surface area contributed by atoms with Gasteiger partial charge < -0.3 is 0 Å². The number of benzene rings is 1. The van der Waals surface area contributed by atoms with Crippen LogP contribution in [0, 0.1) is 6.92 Å². The number of sulfonamides is 1. The molecule has 0 aliphatic heterocycles. The molecule has 1 aromatic carbocycles. The SMILES string of the molecule is [CH2]Cc1ccc(S(N)(=O)=O)cc1. The Morgan fingerprint density at radius 3 is 2.08 bits per heavy atom. The molecule has 0 saturated carbocycles. The second kappa shape index (κ2) is 3.25. The van der Waals surface area contributed by atoms with Gasteiger partial charge in [-0.1, -0.05) is 12.1 Å². The highest BCUT2D eigenvalue weighted by molar-refractivity contribution is 7.89. The average molecular weight is 184 g/mol. The molecule has 65 valence electrons. The Balaban J connectivity index is 3.09. The van der Waals surface area contributed by atoms with Crippen molar-refractivity contribution < 1.29 is 8.42 Å². The van der Waals surface area contributed by atoms with E-state index in [0.29, 0.717) is 6.42 Å². The van der Waals surface area contributed by atoms with Crippen molar-refractivity contribution in [3.63, 3.8) is 0 Å². The summed E-state index contributed by atoms with van der Waals surface area (Å²) in [5.74, 6) is 0. The Bertz CT molecular complexity index is 353. The van der Waals surface area contributed by atoms with Crippen LogP contribution in [0.5, 0.6) is 0 Å². The molecule has 0 unspecified atom stereocenters. The number of rotatable bonds is 2. The van der Waals surface area contributed by atoms with Gasteiger partial charge in [0.25, 0.3) is 0 Å². The minimum atomic E-state index is -3.55. The van der Waals surface area contributed by atoms with Crippen LogP contribution >= 0.6 is 0 Å². The molecule has 0 aromatic heterocycles. The summed E-state index contributed by atoms with van der Waals surface area (Å²) in [4.78, 5) is 0.139. The standard InChI is InChI=1S/C8H10NO2S/c1-2-7-3-5-8(6-4-7)12(9,10)11/h3-6H,1-2H2,(H2,9,10,11). The molecule has 0 aliphatic carbocycles. The lowest BCUT2D eigenvalue weighted by Crippen LogP contribution is -2.11. The van der Waals surface area contributed by atoms with E-state index in [1.165, 1.54) is 12.1 Å². The summed E-state index contributed by atoms with van der Waals surface area (Å²) in [6.07, 6.45) is 0.644. The van der Waals surface area contributed by atoms with Gasteiger partial charge in [0.2, 0.25) is 10.0 Å². The normalized spacial score (nSPS) is 11.5. The second-order valence-electron chi connectivity index (χ2n) is 2.44. The van der Waals surface area contributed by atoms with Crippen LogP contribution in [0.2, 0.25) is 0 Å². The van der Waals surface area contributed by atoms with Crippen LogP contribution in [0.1, 0.15) is 5.56 Å². The zero-order valence-corrected chi connectivity index (χ0v) is 7.34. The molecule has 0 spiro atoms. The van der Waals surface area contributed by atoms with Gasteiger partial charge in [-0.2, -0.15) is 0 Å². The molecule has 0 atom stereocenters. The van der Waals surface area contributed by atoms with Gasteiger partial charge in [0.15, 0.2) is 0 Å². The third-order valence-electron chi connectivity index (χ3n) is 1.54. The smallest absolute Gasteiger partial charge is 0.225 e. The van der Waals surface area contributed by atoms with Gasteiger partial charge in [-0.15, -0.1) is 0 Å². The summed E-state index contributed by atoms with van der Waals surface area (Å²) in [7, 11) is -3.55. The third-order valence-corrected chi connectivity index (χ3v) is 2.47. The van der Waals surface area contributed by atoms with Crippen LogP contribution in [0.4, 0.5) is 0 Å². The molecule has 0 bridgehead atoms. The first-order valence-electron chi connectivity index (χ1n) is 3.45. The first kappa shape index (κ1) is 9.22. The Hall–Kier alpha value is -0.870. The molecule has 0 aliphatic rings. The molecule has 0 fully saturated rings. The lowest BCUT2D eigenvalue weighted by atomic mass is 10.2. The van der Waals surface area contributed by atoms with Gasteiger partial charge in [-0.25, -0.2) is 13.6 Å². The molecule has 0 saturated heterocycles. The van der Waals surface area contributed by atoms with Gasteiger partial charge in [0.1, 0.15) is 0 Å². The fraction of sp³-hybridized carbons (Fsp3) is 0.125. The topological polar surface area (TPSA) is 60.2 Å². The van der Waals surface area contributed by atoms with Crippen molar-refractivity contribution in [2.75, 3.05) is 0 Å². The van der Waals surface area contributed by atoms with Crippen LogP contribution in [0.25, 0.3) is 0 Å². The Kier molecular flexibility index (Phi) is 2.49. The third kappa shape index (κ3) is 2.06. The van der Waals surface area contributed by atoms with Crippen LogP contribution in [-0.2, 0) is 16.4 Å². The van der Waals surface area contributed by atoms with Crippen molar-refractivity contribution in [3.8, 4) is 0 Å². The van der Waals surface area contributed by atoms with E-state index in [-0.39, 0.29) is 4.90 Å². The zero-order chi connectivity index (χ0) is 9.19. The lowest BCUT2D eigenvalue weighted by molar-refractivity contribution is 0.598. The molecular formula is C8H10NO2S. The Morgan fingerprint density at radius 2 is 1.75 bits per heavy atom. The molecule has 0 heterocycles. The van der Waals surface area contributed by atoms with Crippen LogP contribution < -0.4 is 5.14 Å². The largest absolute Gasteiger partial charge is 0.238 e. The van der Waals surface area contributed by atoms with Gasteiger partial charge in [0.05, 0.1) is 4.90 Å². The molecule has 2 N–H and O–H groups in total. The minimum absolute atomic E-state index is 0.139. The summed E-state index contributed by atoms with van der Waals surface area (Å²) in [5, 5.41) is 4.90. The number of hydrogen-bond acceptors (Lipinski definition) is 2. The van der Waals surface area contributed by atoms with Crippen molar-refractivity contribution >= 4 is 10.0 Å². The summed E-state index contributed by atoms with van der Waals surface area (Å²) in [6.45, 7) is 3.67. The van der Waals surface area contributed by atoms with Crippen LogP contribution in [0.15, 0.2) is 29.2 Å². The highest BCUT2D eigenvalue weighted by Crippen LogP contribution is 2.08. The zero-order valence-electron chi connectivity index (χ0n) is 6.53. The highest BCUT2D eigenvalue weighted by atomic mass is 32.2. The summed E-state index contributed by atoms with van der Waals surface area (Å²) < 4.78 is 21.6. The average Bonchev–Trinajstić information content (AvgIpc) is 2.03. The van der Waals surface area contributed by atoms with E-state index in [0.717, 1.165) is 5.56 Å². The van der Waals surface area contributed by atoms with E-state index >= 15 is 0 Å². The molecule has 3 nitrogen and oxygen atoms in total. The van der Waals surface area contributed by atoms with Crippen molar-refractivity contribution in [2.45, 2.75) is 11.3 Å². The monoisotopic (exact) mass is 184 g/mol. The fourth-order valence-electron chi connectivity index (χ4n) is 0.846. The fourth-order valence-corrected chi connectivity index (χ4v) is 1.36. The maximum absolute atomic E-state index is 10.8. The number of hydrogen-bond donors (Lipinski definition) is 1. The summed E-state index contributed by atoms with van der Waals surface area (Å²) in [6, 6.07) is 6.37. The maximum Gasteiger partial charge on any atom is 0.238 e. The molecule has 0 amide bonds. The van der Waals surface area contributed by atoms with Crippen molar-refractivity contribution in [3.05, 3.63) is 36.8 Å². The Labute approximate surface area is 72.3 Å². The van der Waals surface area contributed by atoms with Crippen LogP contribution in [-0.4, -0.2) is 8.42 Å². The number of primary sulfonamides is 1. The molecule has 1 aromatic rings. The highest BCUT2D eigenvalue weighted by Gasteiger charge is 2.05. The van der Waals surface area contributed by atoms with Gasteiger partial charge in [0, 0.05) is 0 Å². The first-order valence-corrected chi connectivity index (χ1v) is 4.99. The van der Waals surface area contributed by atoms with Gasteiger partial charge >= 0.3 is 0 Å². The summed E-state index contributed by atoms with van der Waals surface area (Å²) >= 11 is 0. The van der Waals surface area contributed by atoms with Gasteiger partial charge in [-0.05, 0) is 31.0 Å². The molecule has 12 heavy (non-hydrogen) atoms. The minimum Gasteiger partial charge on any atom is -0.225 e. The van der Waals surface area contributed by atoms with Crippen molar-refractivity contribution in [1.29, 1.82) is 0 Å². The van der Waals surface area contributed by atoms with Crippen molar-refractivity contribution in [1.82, 2.24) is 0 Å². The lowest BCUT2D eigenvalue weighted by Gasteiger charge is -1.98. The first-order chi connectivity index (χ1) is 5.54. The molecule has 1 radical (unpaired) electrons. The number of nitrogens with two attached hydrogens (primary N) is 1. The second-order valence-corrected chi connectivity index (χ2v) is 4.00. The predicted octanol–water partition coefficient (Wildman–Crippen LogP) is 0.711. The van der Waals surface area contributed by atoms with E-state index in [1.54, 1.807) is 12.1 Å². The van der Waals surface area contributed by atoms with E-state index < -0.39 is 10.0 Å². The van der Waals surface area contributed by atoms with E-state index in [2.05, 4.69) is 6.92 Å². The van der Waals surface area contributed by atoms with Crippen molar-refractivity contribution in [2.24, 2.45) is 5.14 Å². The van der Waals surface area contributed by atoms with E-state index in [4.69, 9.17) is 5.14 Å². The van der Waals surface area contributed by atoms with E-state index in [9.17, 15) is 8.42 Å². The van der Waals surface area contributed by atoms with E-state index in [1.807, 2.05) is 0 Å². The Morgan fingerprint density at radius 1 is 1.25 bits per heavy atom. The van der Waals surface area contributed by atoms with Gasteiger partial charge in [-0.3, -0.25) is 0 Å². The maximum atomic E-state index is 10.8. The molecule has 4 heteroatoms.